The van der Waals surface area contributed by atoms with Gasteiger partial charge in [0, 0.05) is 17.5 Å². The Morgan fingerprint density at radius 1 is 1.64 bits per heavy atom. The number of anilines is 1. The van der Waals surface area contributed by atoms with Crippen LogP contribution in [0.5, 0.6) is 0 Å². The number of nitrogens with zero attached hydrogens (tertiary/aromatic N) is 1. The van der Waals surface area contributed by atoms with Gasteiger partial charge in [-0.1, -0.05) is 0 Å². The van der Waals surface area contributed by atoms with E-state index in [0.29, 0.717) is 12.1 Å². The second-order valence-electron chi connectivity index (χ2n) is 4.01. The first-order chi connectivity index (χ1) is 6.74. The minimum atomic E-state index is 0.594. The molecule has 2 N–H and O–H groups in total. The van der Waals surface area contributed by atoms with Gasteiger partial charge >= 0.3 is 0 Å². The van der Waals surface area contributed by atoms with Crippen LogP contribution in [0, 0.1) is 6.92 Å². The third-order valence-corrected chi connectivity index (χ3v) is 3.46. The largest absolute Gasteiger partial charge is 0.359 e. The average Bonchev–Trinajstić information content (AvgIpc) is 2.51. The monoisotopic (exact) mass is 211 g/mol. The molecule has 1 aromatic heterocycles. The molecule has 1 aromatic rings. The first-order valence-electron chi connectivity index (χ1n) is 5.16. The second kappa shape index (κ2) is 4.28. The van der Waals surface area contributed by atoms with Crippen molar-refractivity contribution < 1.29 is 0 Å². The molecule has 78 valence electrons. The molecule has 0 aromatic carbocycles. The lowest BCUT2D eigenvalue weighted by atomic mass is 10.0. The topological polar surface area (TPSA) is 37.0 Å². The van der Waals surface area contributed by atoms with Crippen LogP contribution in [-0.2, 0) is 0 Å². The highest BCUT2D eigenvalue weighted by molar-refractivity contribution is 7.13. The Hall–Kier alpha value is -0.610. The van der Waals surface area contributed by atoms with Gasteiger partial charge in [0.1, 0.15) is 0 Å². The zero-order valence-electron chi connectivity index (χ0n) is 8.71. The summed E-state index contributed by atoms with van der Waals surface area (Å²) in [6.45, 7) is 5.39. The van der Waals surface area contributed by atoms with E-state index in [4.69, 9.17) is 0 Å². The van der Waals surface area contributed by atoms with Crippen molar-refractivity contribution in [1.82, 2.24) is 10.3 Å². The van der Waals surface area contributed by atoms with Gasteiger partial charge in [-0.15, -0.1) is 11.3 Å². The predicted octanol–water partition coefficient (Wildman–Crippen LogP) is 2.00. The summed E-state index contributed by atoms with van der Waals surface area (Å²) < 4.78 is 0. The Balaban J connectivity index is 1.90. The Labute approximate surface area is 88.9 Å². The molecule has 1 fully saturated rings. The van der Waals surface area contributed by atoms with Crippen molar-refractivity contribution >= 4 is 16.5 Å². The van der Waals surface area contributed by atoms with E-state index in [1.165, 1.54) is 12.8 Å². The molecule has 0 aliphatic carbocycles. The molecule has 14 heavy (non-hydrogen) atoms. The Bertz CT molecular complexity index is 297. The molecule has 0 spiro atoms. The van der Waals surface area contributed by atoms with Crippen molar-refractivity contribution in [1.29, 1.82) is 0 Å². The van der Waals surface area contributed by atoms with Crippen molar-refractivity contribution in [2.24, 2.45) is 0 Å². The van der Waals surface area contributed by atoms with Gasteiger partial charge in [0.2, 0.25) is 0 Å². The first kappa shape index (κ1) is 9.93. The summed E-state index contributed by atoms with van der Waals surface area (Å²) in [4.78, 5) is 4.42. The molecule has 1 aliphatic rings. The maximum absolute atomic E-state index is 4.42. The molecule has 0 saturated carbocycles. The summed E-state index contributed by atoms with van der Waals surface area (Å²) in [6, 6.07) is 1.22. The minimum absolute atomic E-state index is 0.594. The van der Waals surface area contributed by atoms with Crippen LogP contribution in [0.4, 0.5) is 5.13 Å². The maximum Gasteiger partial charge on any atom is 0.183 e. The Morgan fingerprint density at radius 2 is 2.50 bits per heavy atom. The lowest BCUT2D eigenvalue weighted by Crippen LogP contribution is -2.41. The number of hydrogen-bond donors (Lipinski definition) is 2. The first-order valence-corrected chi connectivity index (χ1v) is 6.04. The quantitative estimate of drug-likeness (QED) is 0.785. The molecule has 4 heteroatoms. The van der Waals surface area contributed by atoms with Gasteiger partial charge in [0.15, 0.2) is 5.13 Å². The smallest absolute Gasteiger partial charge is 0.183 e. The molecule has 2 unspecified atom stereocenters. The van der Waals surface area contributed by atoms with Gasteiger partial charge in [-0.2, -0.15) is 0 Å². The number of nitrogens with one attached hydrogen (secondary N) is 2. The fraction of sp³-hybridized carbons (Fsp3) is 0.700. The number of rotatable bonds is 2. The third-order valence-electron chi connectivity index (χ3n) is 2.57. The summed E-state index contributed by atoms with van der Waals surface area (Å²) in [6.07, 6.45) is 2.39. The van der Waals surface area contributed by atoms with Gasteiger partial charge in [-0.3, -0.25) is 0 Å². The fourth-order valence-corrected chi connectivity index (χ4v) is 2.62. The van der Waals surface area contributed by atoms with Crippen LogP contribution in [0.1, 0.15) is 25.5 Å². The molecule has 1 saturated heterocycles. The zero-order chi connectivity index (χ0) is 9.97. The summed E-state index contributed by atoms with van der Waals surface area (Å²) in [7, 11) is 0. The highest BCUT2D eigenvalue weighted by Crippen LogP contribution is 2.19. The van der Waals surface area contributed by atoms with Crippen LogP contribution < -0.4 is 10.6 Å². The third kappa shape index (κ3) is 2.45. The van der Waals surface area contributed by atoms with E-state index in [0.717, 1.165) is 17.4 Å². The van der Waals surface area contributed by atoms with Crippen molar-refractivity contribution in [3.05, 3.63) is 11.1 Å². The number of piperidine rings is 1. The Morgan fingerprint density at radius 3 is 3.14 bits per heavy atom. The van der Waals surface area contributed by atoms with Crippen molar-refractivity contribution in [2.75, 3.05) is 11.9 Å². The van der Waals surface area contributed by atoms with Crippen molar-refractivity contribution in [3.63, 3.8) is 0 Å². The number of aromatic nitrogens is 1. The van der Waals surface area contributed by atoms with Gasteiger partial charge in [-0.25, -0.2) is 4.98 Å². The summed E-state index contributed by atoms with van der Waals surface area (Å²) >= 11 is 1.70. The highest BCUT2D eigenvalue weighted by atomic mass is 32.1. The lowest BCUT2D eigenvalue weighted by Gasteiger charge is -2.28. The number of aryl methyl sites for hydroxylation is 1. The van der Waals surface area contributed by atoms with Crippen LogP contribution in [0.25, 0.3) is 0 Å². The van der Waals surface area contributed by atoms with Crippen molar-refractivity contribution in [2.45, 2.75) is 38.8 Å². The molecular weight excluding hydrogens is 194 g/mol. The standard InChI is InChI=1S/C10H17N3S/c1-7-5-9(3-4-11-7)13-10-12-8(2)6-14-10/h6-7,9,11H,3-5H2,1-2H3,(H,12,13). The molecule has 1 aliphatic heterocycles. The summed E-state index contributed by atoms with van der Waals surface area (Å²) in [5.74, 6) is 0. The normalized spacial score (nSPS) is 27.6. The molecule has 0 bridgehead atoms. The molecule has 3 nitrogen and oxygen atoms in total. The van der Waals surface area contributed by atoms with E-state index in [1.54, 1.807) is 11.3 Å². The summed E-state index contributed by atoms with van der Waals surface area (Å²) in [5, 5.41) is 10.1. The molecule has 2 heterocycles. The van der Waals surface area contributed by atoms with Gasteiger partial charge in [-0.05, 0) is 33.2 Å². The zero-order valence-corrected chi connectivity index (χ0v) is 9.53. The molecule has 0 amide bonds. The van der Waals surface area contributed by atoms with Crippen LogP contribution in [0.3, 0.4) is 0 Å². The van der Waals surface area contributed by atoms with E-state index in [9.17, 15) is 0 Å². The van der Waals surface area contributed by atoms with E-state index in [1.807, 2.05) is 6.92 Å². The van der Waals surface area contributed by atoms with Crippen LogP contribution >= 0.6 is 11.3 Å². The van der Waals surface area contributed by atoms with Gasteiger partial charge in [0.05, 0.1) is 5.69 Å². The number of hydrogen-bond acceptors (Lipinski definition) is 4. The van der Waals surface area contributed by atoms with Crippen LogP contribution in [0.2, 0.25) is 0 Å². The maximum atomic E-state index is 4.42. The van der Waals surface area contributed by atoms with Crippen molar-refractivity contribution in [3.8, 4) is 0 Å². The second-order valence-corrected chi connectivity index (χ2v) is 4.87. The molecule has 2 rings (SSSR count). The highest BCUT2D eigenvalue weighted by Gasteiger charge is 2.18. The van der Waals surface area contributed by atoms with Crippen LogP contribution in [0.15, 0.2) is 5.38 Å². The molecule has 0 radical (unpaired) electrons. The molecular formula is C10H17N3S. The predicted molar refractivity (Wildman–Crippen MR) is 61.0 cm³/mol. The van der Waals surface area contributed by atoms with Gasteiger partial charge < -0.3 is 10.6 Å². The van der Waals surface area contributed by atoms with E-state index in [-0.39, 0.29) is 0 Å². The SMILES string of the molecule is Cc1csc(NC2CCNC(C)C2)n1. The fourth-order valence-electron chi connectivity index (χ4n) is 1.86. The minimum Gasteiger partial charge on any atom is -0.359 e. The summed E-state index contributed by atoms with van der Waals surface area (Å²) in [5.41, 5.74) is 1.11. The lowest BCUT2D eigenvalue weighted by molar-refractivity contribution is 0.396. The molecule has 2 atom stereocenters. The van der Waals surface area contributed by atoms with E-state index >= 15 is 0 Å². The number of thiazole rings is 1. The van der Waals surface area contributed by atoms with Crippen LogP contribution in [-0.4, -0.2) is 23.6 Å². The van der Waals surface area contributed by atoms with E-state index < -0.39 is 0 Å². The Kier molecular flexibility index (Phi) is 3.03. The van der Waals surface area contributed by atoms with Gasteiger partial charge in [0.25, 0.3) is 0 Å². The average molecular weight is 211 g/mol. The van der Waals surface area contributed by atoms with E-state index in [2.05, 4.69) is 27.9 Å².